The van der Waals surface area contributed by atoms with Crippen molar-refractivity contribution >= 4 is 11.9 Å². The average molecular weight is 985 g/mol. The van der Waals surface area contributed by atoms with Gasteiger partial charge in [0.25, 0.3) is 0 Å². The summed E-state index contributed by atoms with van der Waals surface area (Å²) in [7, 11) is 0. The van der Waals surface area contributed by atoms with Crippen molar-refractivity contribution < 1.29 is 97.8 Å². The van der Waals surface area contributed by atoms with Crippen molar-refractivity contribution in [3.05, 3.63) is 11.6 Å². The fourth-order valence-electron chi connectivity index (χ4n) is 14.6. The summed E-state index contributed by atoms with van der Waals surface area (Å²) in [5, 5.41) is 88.1. The number of carbonyl (C=O) groups excluding carboxylic acids is 2. The van der Waals surface area contributed by atoms with E-state index in [1.165, 1.54) is 6.92 Å². The Morgan fingerprint density at radius 1 is 0.710 bits per heavy atom. The lowest BCUT2D eigenvalue weighted by Gasteiger charge is -2.65. The Balaban J connectivity index is 0.752. The Labute approximate surface area is 402 Å². The van der Waals surface area contributed by atoms with E-state index in [-0.39, 0.29) is 61.1 Å². The molecule has 5 aliphatic heterocycles. The Kier molecular flexibility index (Phi) is 15.1. The van der Waals surface area contributed by atoms with Gasteiger partial charge in [0, 0.05) is 37.7 Å². The molecule has 0 radical (unpaired) electrons. The van der Waals surface area contributed by atoms with Crippen LogP contribution in [0.15, 0.2) is 11.6 Å². The highest BCUT2D eigenvalue weighted by Gasteiger charge is 2.71. The molecule has 4 aliphatic carbocycles. The minimum atomic E-state index is -1.69. The Bertz CT molecular complexity index is 1850. The zero-order valence-electron chi connectivity index (χ0n) is 40.5. The van der Waals surface area contributed by atoms with Crippen LogP contribution in [0.3, 0.4) is 0 Å². The van der Waals surface area contributed by atoms with Crippen LogP contribution < -0.4 is 0 Å². The van der Waals surface area contributed by atoms with Crippen molar-refractivity contribution in [1.82, 2.24) is 0 Å². The van der Waals surface area contributed by atoms with Gasteiger partial charge < -0.3 is 88.2 Å². The van der Waals surface area contributed by atoms with Crippen molar-refractivity contribution in [2.45, 2.75) is 234 Å². The van der Waals surface area contributed by atoms with Crippen LogP contribution in [-0.4, -0.2) is 188 Å². The maximum absolute atomic E-state index is 12.6. The monoisotopic (exact) mass is 984 g/mol. The molecule has 4 saturated carbocycles. The molecule has 1 unspecified atom stereocenters. The topological polar surface area (TPSA) is 288 Å². The largest absolute Gasteiger partial charge is 0.459 e. The molecular weight excluding hydrogens is 909 g/mol. The summed E-state index contributed by atoms with van der Waals surface area (Å²) in [5.41, 5.74) is -1.01. The number of fused-ring (bicyclic) bond motifs is 5. The fraction of sp³-hybridized carbons (Fsp3) is 0.918. The summed E-state index contributed by atoms with van der Waals surface area (Å²) in [6.45, 7) is 10.3. The Hall–Kier alpha value is -1.96. The highest BCUT2D eigenvalue weighted by molar-refractivity contribution is 5.85. The number of hydrogen-bond donors (Lipinski definition) is 8. The highest BCUT2D eigenvalue weighted by Crippen LogP contribution is 2.70. The SMILES string of the molecule is CC(=O)O[C@H]1C[C@@H](O[C@H]2[C@@H](O)C[C@@H](O[C@H]3[C@@H](O)C[C@@H](O[C@H]4CC[C@@]5(C)[C@H](CC[C@@H]6[C@@H]5C[C@@H](O)[C@]5(C)[C@@H](C7=CC(=O)OC7)CCC65O)C4)O[C@@H]3C)O[C@@H]2C)O[C@H](C)[C@H]1O[C@@H]1O[C@H](CO)[C@@H](O)[C@H](O)[C@H]1O. The number of hydrogen-bond acceptors (Lipinski definition) is 20. The van der Waals surface area contributed by atoms with Gasteiger partial charge in [0.2, 0.25) is 0 Å². The number of aliphatic hydroxyl groups is 8. The molecule has 8 N–H and O–H groups in total. The second-order valence-electron chi connectivity index (χ2n) is 22.2. The standard InChI is InChI=1S/C49H76O20/c1-21-43(67-38-17-32(53)44(22(2)62-38)68-39-18-33(64-24(4)51)45(23(3)63-39)69-46-42(58)41(57)40(56)34(19-50)66-46)31(52)16-37(61-21)65-27-9-11-47(5)26(14-27)7-8-29-30(47)15-35(54)48(6)28(10-12-49(29,48)59)25-13-36(55)60-20-25/h13,21-23,26-35,37-46,50,52-54,56-59H,7-12,14-20H2,1-6H3/t21-,22-,23-,26-,27+,28-,29-,30+,31+,32+,33+,34-,35-,37-,38-,39-,40-,41+,42-,43-,44-,45-,46+,47+,48+,49?/m1/s1. The van der Waals surface area contributed by atoms with Gasteiger partial charge in [-0.2, -0.15) is 0 Å². The number of ether oxygens (including phenoxy) is 10. The van der Waals surface area contributed by atoms with Gasteiger partial charge in [-0.15, -0.1) is 0 Å². The Morgan fingerprint density at radius 3 is 1.93 bits per heavy atom. The molecule has 8 fully saturated rings. The van der Waals surface area contributed by atoms with Crippen LogP contribution >= 0.6 is 0 Å². The maximum atomic E-state index is 12.6. The zero-order chi connectivity index (χ0) is 49.5. The van der Waals surface area contributed by atoms with Crippen LogP contribution in [0.1, 0.15) is 112 Å². The molecular formula is C49H76O20. The highest BCUT2D eigenvalue weighted by atomic mass is 16.8. The first-order chi connectivity index (χ1) is 32.6. The van der Waals surface area contributed by atoms with E-state index in [9.17, 15) is 50.4 Å². The molecule has 392 valence electrons. The quantitative estimate of drug-likeness (QED) is 0.104. The molecule has 69 heavy (non-hydrogen) atoms. The summed E-state index contributed by atoms with van der Waals surface area (Å²) in [6.07, 6.45) is -11.1. The van der Waals surface area contributed by atoms with Crippen LogP contribution in [0.25, 0.3) is 0 Å². The van der Waals surface area contributed by atoms with Crippen LogP contribution in [0.4, 0.5) is 0 Å². The molecule has 0 aromatic rings. The third-order valence-electron chi connectivity index (χ3n) is 18.4. The minimum absolute atomic E-state index is 0.00421. The molecule has 9 rings (SSSR count). The molecule has 0 spiro atoms. The lowest BCUT2D eigenvalue weighted by atomic mass is 9.42. The van der Waals surface area contributed by atoms with Crippen molar-refractivity contribution in [2.24, 2.45) is 34.5 Å². The van der Waals surface area contributed by atoms with Gasteiger partial charge in [-0.25, -0.2) is 4.79 Å². The van der Waals surface area contributed by atoms with Gasteiger partial charge in [-0.3, -0.25) is 4.79 Å². The van der Waals surface area contributed by atoms with E-state index in [1.54, 1.807) is 26.8 Å². The predicted molar refractivity (Wildman–Crippen MR) is 235 cm³/mol. The average Bonchev–Trinajstić information content (AvgIpc) is 3.84. The molecule has 0 bridgehead atoms. The van der Waals surface area contributed by atoms with Crippen LogP contribution in [-0.2, 0) is 57.0 Å². The van der Waals surface area contributed by atoms with Crippen LogP contribution in [0, 0.1) is 34.5 Å². The molecule has 9 aliphatic rings. The lowest BCUT2D eigenvalue weighted by molar-refractivity contribution is -0.355. The first-order valence-corrected chi connectivity index (χ1v) is 25.3. The second kappa shape index (κ2) is 20.0. The van der Waals surface area contributed by atoms with Crippen LogP contribution in [0.5, 0.6) is 0 Å². The third-order valence-corrected chi connectivity index (χ3v) is 18.4. The van der Waals surface area contributed by atoms with Gasteiger partial charge in [0.15, 0.2) is 25.2 Å². The molecule has 0 aromatic heterocycles. The maximum Gasteiger partial charge on any atom is 0.331 e. The van der Waals surface area contributed by atoms with Crippen molar-refractivity contribution in [2.75, 3.05) is 13.2 Å². The van der Waals surface area contributed by atoms with E-state index in [0.717, 1.165) is 37.7 Å². The van der Waals surface area contributed by atoms with E-state index in [2.05, 4.69) is 6.92 Å². The first-order valence-electron chi connectivity index (χ1n) is 25.3. The smallest absolute Gasteiger partial charge is 0.331 e. The third kappa shape index (κ3) is 9.48. The van der Waals surface area contributed by atoms with Gasteiger partial charge in [-0.05, 0) is 107 Å². The van der Waals surface area contributed by atoms with E-state index >= 15 is 0 Å². The summed E-state index contributed by atoms with van der Waals surface area (Å²) in [6, 6.07) is 0. The zero-order valence-corrected chi connectivity index (χ0v) is 40.5. The number of cyclic esters (lactones) is 1. The summed E-state index contributed by atoms with van der Waals surface area (Å²) in [5.74, 6) is -0.580. The number of aliphatic hydroxyl groups excluding tert-OH is 7. The Morgan fingerprint density at radius 2 is 1.33 bits per heavy atom. The van der Waals surface area contributed by atoms with Crippen molar-refractivity contribution in [3.8, 4) is 0 Å². The summed E-state index contributed by atoms with van der Waals surface area (Å²) < 4.78 is 60.1. The molecule has 20 nitrogen and oxygen atoms in total. The first kappa shape index (κ1) is 51.9. The lowest BCUT2D eigenvalue weighted by Crippen LogP contribution is -2.67. The van der Waals surface area contributed by atoms with Gasteiger partial charge >= 0.3 is 11.9 Å². The fourth-order valence-corrected chi connectivity index (χ4v) is 14.6. The predicted octanol–water partition coefficient (Wildman–Crippen LogP) is 0.613. The van der Waals surface area contributed by atoms with Gasteiger partial charge in [0.05, 0.1) is 54.9 Å². The van der Waals surface area contributed by atoms with E-state index in [1.807, 2.05) is 6.92 Å². The molecule has 5 heterocycles. The normalized spacial score (nSPS) is 53.3. The molecule has 0 amide bonds. The summed E-state index contributed by atoms with van der Waals surface area (Å²) in [4.78, 5) is 24.2. The minimum Gasteiger partial charge on any atom is -0.459 e. The molecule has 4 saturated heterocycles. The van der Waals surface area contributed by atoms with Crippen molar-refractivity contribution in [3.63, 3.8) is 0 Å². The number of rotatable bonds is 11. The van der Waals surface area contributed by atoms with E-state index < -0.39 is 134 Å². The number of carbonyl (C=O) groups is 2. The van der Waals surface area contributed by atoms with Gasteiger partial charge in [-0.1, -0.05) is 13.8 Å². The summed E-state index contributed by atoms with van der Waals surface area (Å²) >= 11 is 0. The molecule has 20 heteroatoms. The molecule has 0 aromatic carbocycles. The number of esters is 2. The van der Waals surface area contributed by atoms with Crippen molar-refractivity contribution in [1.29, 1.82) is 0 Å². The second-order valence-corrected chi connectivity index (χ2v) is 22.2. The van der Waals surface area contributed by atoms with Gasteiger partial charge in [0.1, 0.15) is 55.4 Å². The van der Waals surface area contributed by atoms with E-state index in [4.69, 9.17) is 47.4 Å². The van der Waals surface area contributed by atoms with Crippen LogP contribution in [0.2, 0.25) is 0 Å². The molecule has 26 atom stereocenters. The van der Waals surface area contributed by atoms with E-state index in [0.29, 0.717) is 25.2 Å².